The molecule has 7 heteroatoms. The average molecular weight is 549 g/mol. The molecular weight excluding hydrogens is 492 g/mol. The van der Waals surface area contributed by atoms with Gasteiger partial charge in [-0.2, -0.15) is 0 Å². The molecule has 1 amide bonds. The first-order valence-electron chi connectivity index (χ1n) is 14.8. The highest BCUT2D eigenvalue weighted by atomic mass is 16.5. The number of esters is 1. The molecule has 0 aliphatic carbocycles. The Morgan fingerprint density at radius 1 is 1.05 bits per heavy atom. The Kier molecular flexibility index (Phi) is 15.1. The van der Waals surface area contributed by atoms with E-state index in [1.807, 2.05) is 13.8 Å². The van der Waals surface area contributed by atoms with Crippen molar-refractivity contribution >= 4 is 11.9 Å². The van der Waals surface area contributed by atoms with Crippen LogP contribution in [0.4, 0.5) is 0 Å². The Balaban J connectivity index is 2.94. The number of amides is 1. The molecule has 0 fully saturated rings. The first-order chi connectivity index (χ1) is 18.2. The molecule has 39 heavy (non-hydrogen) atoms. The Bertz CT molecular complexity index is 880. The predicted octanol–water partition coefficient (Wildman–Crippen LogP) is 5.40. The smallest absolute Gasteiger partial charge is 0.312 e. The van der Waals surface area contributed by atoms with Gasteiger partial charge in [0, 0.05) is 18.5 Å². The van der Waals surface area contributed by atoms with Crippen LogP contribution in [-0.2, 0) is 26.2 Å². The standard InChI is InChI=1S/C32H56N2O5/c1-10-12-15-34-30(36)22(5)16-28(35)27(33)19-25(21(3)4)17-24-13-14-26(32(7,8)9)29(18-24)39-20-23(6)31(37)38-11-2/h13-14,18,21-23,25,27-28,35H,10-12,15-17,19-20,33H2,1-9H3,(H,34,36)/t22?,23?,25-,27-,28-/m0/s1. The van der Waals surface area contributed by atoms with Gasteiger partial charge in [-0.15, -0.1) is 0 Å². The third-order valence-electron chi connectivity index (χ3n) is 7.41. The molecule has 0 radical (unpaired) electrons. The monoisotopic (exact) mass is 548 g/mol. The molecule has 0 saturated heterocycles. The van der Waals surface area contributed by atoms with Gasteiger partial charge in [0.05, 0.1) is 18.6 Å². The predicted molar refractivity (Wildman–Crippen MR) is 159 cm³/mol. The van der Waals surface area contributed by atoms with Gasteiger partial charge >= 0.3 is 5.97 Å². The molecule has 0 aliphatic heterocycles. The van der Waals surface area contributed by atoms with Crippen LogP contribution in [0.5, 0.6) is 5.75 Å². The summed E-state index contributed by atoms with van der Waals surface area (Å²) < 4.78 is 11.3. The van der Waals surface area contributed by atoms with Crippen LogP contribution >= 0.6 is 0 Å². The number of carbonyl (C=O) groups excluding carboxylic acids is 2. The zero-order chi connectivity index (χ0) is 29.8. The van der Waals surface area contributed by atoms with Crippen LogP contribution in [-0.4, -0.2) is 48.9 Å². The van der Waals surface area contributed by atoms with Crippen molar-refractivity contribution in [1.82, 2.24) is 5.32 Å². The summed E-state index contributed by atoms with van der Waals surface area (Å²) in [6.45, 7) is 19.6. The lowest BCUT2D eigenvalue weighted by Gasteiger charge is -2.29. The van der Waals surface area contributed by atoms with Crippen LogP contribution in [0.1, 0.15) is 99.1 Å². The van der Waals surface area contributed by atoms with Crippen molar-refractivity contribution in [1.29, 1.82) is 0 Å². The van der Waals surface area contributed by atoms with E-state index in [1.165, 1.54) is 0 Å². The van der Waals surface area contributed by atoms with Crippen molar-refractivity contribution in [2.75, 3.05) is 19.8 Å². The van der Waals surface area contributed by atoms with Crippen LogP contribution in [0, 0.1) is 23.7 Å². The number of carbonyl (C=O) groups is 2. The second-order valence-corrected chi connectivity index (χ2v) is 12.5. The lowest BCUT2D eigenvalue weighted by molar-refractivity contribution is -0.148. The van der Waals surface area contributed by atoms with Gasteiger partial charge in [0.25, 0.3) is 0 Å². The average Bonchev–Trinajstić information content (AvgIpc) is 2.86. The summed E-state index contributed by atoms with van der Waals surface area (Å²) in [4.78, 5) is 24.4. The van der Waals surface area contributed by atoms with Crippen LogP contribution in [0.25, 0.3) is 0 Å². The number of rotatable bonds is 17. The van der Waals surface area contributed by atoms with Crippen molar-refractivity contribution in [2.45, 2.75) is 112 Å². The van der Waals surface area contributed by atoms with Gasteiger partial charge in [-0.1, -0.05) is 67.0 Å². The summed E-state index contributed by atoms with van der Waals surface area (Å²) in [6, 6.07) is 5.92. The molecule has 0 heterocycles. The van der Waals surface area contributed by atoms with E-state index in [0.29, 0.717) is 31.9 Å². The van der Waals surface area contributed by atoms with E-state index in [-0.39, 0.29) is 41.7 Å². The van der Waals surface area contributed by atoms with Crippen molar-refractivity contribution in [2.24, 2.45) is 29.4 Å². The van der Waals surface area contributed by atoms with Crippen molar-refractivity contribution in [3.8, 4) is 5.75 Å². The highest BCUT2D eigenvalue weighted by Gasteiger charge is 2.27. The number of benzene rings is 1. The van der Waals surface area contributed by atoms with E-state index < -0.39 is 12.1 Å². The zero-order valence-electron chi connectivity index (χ0n) is 26.0. The lowest BCUT2D eigenvalue weighted by atomic mass is 9.81. The van der Waals surface area contributed by atoms with Gasteiger partial charge in [-0.25, -0.2) is 0 Å². The largest absolute Gasteiger partial charge is 0.492 e. The lowest BCUT2D eigenvalue weighted by Crippen LogP contribution is -2.41. The number of aliphatic hydroxyl groups excluding tert-OH is 1. The van der Waals surface area contributed by atoms with E-state index in [4.69, 9.17) is 15.2 Å². The minimum Gasteiger partial charge on any atom is -0.492 e. The minimum atomic E-state index is -0.746. The van der Waals surface area contributed by atoms with Gasteiger partial charge in [0.15, 0.2) is 0 Å². The third kappa shape index (κ3) is 12.3. The summed E-state index contributed by atoms with van der Waals surface area (Å²) in [6.07, 6.45) is 3.02. The molecule has 0 spiro atoms. The number of aliphatic hydroxyl groups is 1. The summed E-state index contributed by atoms with van der Waals surface area (Å²) in [5, 5.41) is 13.8. The molecule has 1 rings (SSSR count). The second kappa shape index (κ2) is 16.9. The molecular formula is C32H56N2O5. The molecule has 2 unspecified atom stereocenters. The highest BCUT2D eigenvalue weighted by molar-refractivity contribution is 5.78. The molecule has 4 N–H and O–H groups in total. The molecule has 0 aliphatic rings. The van der Waals surface area contributed by atoms with E-state index in [0.717, 1.165) is 36.1 Å². The molecule has 0 saturated carbocycles. The number of nitrogens with two attached hydrogens (primary N) is 1. The Morgan fingerprint density at radius 3 is 2.28 bits per heavy atom. The van der Waals surface area contributed by atoms with Crippen LogP contribution in [0.15, 0.2) is 18.2 Å². The fourth-order valence-corrected chi connectivity index (χ4v) is 4.61. The fraction of sp³-hybridized carbons (Fsp3) is 0.750. The van der Waals surface area contributed by atoms with Gasteiger partial charge < -0.3 is 25.6 Å². The van der Waals surface area contributed by atoms with Gasteiger partial charge in [0.2, 0.25) is 5.91 Å². The van der Waals surface area contributed by atoms with E-state index in [2.05, 4.69) is 65.1 Å². The molecule has 1 aromatic rings. The van der Waals surface area contributed by atoms with E-state index >= 15 is 0 Å². The summed E-state index contributed by atoms with van der Waals surface area (Å²) in [5.74, 6) is 0.446. The third-order valence-corrected chi connectivity index (χ3v) is 7.41. The van der Waals surface area contributed by atoms with E-state index in [9.17, 15) is 14.7 Å². The normalized spacial score (nSPS) is 15.8. The highest BCUT2D eigenvalue weighted by Crippen LogP contribution is 2.34. The van der Waals surface area contributed by atoms with Crippen molar-refractivity contribution in [3.05, 3.63) is 29.3 Å². The zero-order valence-corrected chi connectivity index (χ0v) is 26.0. The molecule has 0 bridgehead atoms. The number of hydrogen-bond acceptors (Lipinski definition) is 6. The van der Waals surface area contributed by atoms with Crippen LogP contribution < -0.4 is 15.8 Å². The van der Waals surface area contributed by atoms with Crippen molar-refractivity contribution < 1.29 is 24.2 Å². The van der Waals surface area contributed by atoms with Gasteiger partial charge in [-0.3, -0.25) is 9.59 Å². The Labute approximate surface area is 237 Å². The SMILES string of the molecule is CCCCNC(=O)C(C)C[C@H](O)[C@@H](N)C[C@H](Cc1ccc(C(C)(C)C)c(OCC(C)C(=O)OCC)c1)C(C)C. The Morgan fingerprint density at radius 2 is 1.72 bits per heavy atom. The van der Waals surface area contributed by atoms with E-state index in [1.54, 1.807) is 6.92 Å². The maximum atomic E-state index is 12.3. The number of nitrogens with one attached hydrogen (secondary N) is 1. The van der Waals surface area contributed by atoms with Crippen LogP contribution in [0.2, 0.25) is 0 Å². The Hall–Kier alpha value is -2.12. The van der Waals surface area contributed by atoms with Gasteiger partial charge in [-0.05, 0) is 74.0 Å². The summed E-state index contributed by atoms with van der Waals surface area (Å²) in [7, 11) is 0. The topological polar surface area (TPSA) is 111 Å². The van der Waals surface area contributed by atoms with Crippen molar-refractivity contribution in [3.63, 3.8) is 0 Å². The second-order valence-electron chi connectivity index (χ2n) is 12.5. The molecule has 7 nitrogen and oxygen atoms in total. The molecule has 5 atom stereocenters. The summed E-state index contributed by atoms with van der Waals surface area (Å²) in [5.41, 5.74) is 8.57. The fourth-order valence-electron chi connectivity index (χ4n) is 4.61. The minimum absolute atomic E-state index is 0.0288. The van der Waals surface area contributed by atoms with Crippen LogP contribution in [0.3, 0.4) is 0 Å². The molecule has 1 aromatic carbocycles. The first-order valence-corrected chi connectivity index (χ1v) is 14.8. The van der Waals surface area contributed by atoms with Gasteiger partial charge in [0.1, 0.15) is 12.4 Å². The maximum absolute atomic E-state index is 12.3. The molecule has 224 valence electrons. The number of hydrogen-bond donors (Lipinski definition) is 3. The quantitative estimate of drug-likeness (QED) is 0.178. The summed E-state index contributed by atoms with van der Waals surface area (Å²) >= 11 is 0. The molecule has 0 aromatic heterocycles. The maximum Gasteiger partial charge on any atom is 0.312 e. The number of ether oxygens (including phenoxy) is 2. The first kappa shape index (κ1) is 34.9. The number of unbranched alkanes of at least 4 members (excludes halogenated alkanes) is 1.